The maximum absolute atomic E-state index is 13.0. The molecule has 0 aromatic heterocycles. The molecule has 2 aliphatic rings. The third kappa shape index (κ3) is 5.45. The number of piperidine rings is 1. The summed E-state index contributed by atoms with van der Waals surface area (Å²) in [5, 5.41) is 5.84. The average molecular weight is 383 g/mol. The van der Waals surface area contributed by atoms with Gasteiger partial charge in [-0.2, -0.15) is 13.2 Å². The number of likely N-dealkylation sites (tertiary alicyclic amines) is 1. The number of nitrogens with one attached hydrogen (secondary N) is 2. The Morgan fingerprint density at radius 2 is 1.74 bits per heavy atom. The van der Waals surface area contributed by atoms with Crippen LogP contribution >= 0.6 is 0 Å². The highest BCUT2D eigenvalue weighted by atomic mass is 19.4. The average Bonchev–Trinajstić information content (AvgIpc) is 3.48. The standard InChI is InChI=1S/C19H24F3N3O2/c20-19(21,22)16-4-2-1-3-15(16)18(27)24-12-17(26)25-9-7-14(8-10-25)23-11-13-5-6-13/h1-4,13-14,23H,5-12H2,(H,24,27). The smallest absolute Gasteiger partial charge is 0.343 e. The van der Waals surface area contributed by atoms with Gasteiger partial charge in [-0.1, -0.05) is 12.1 Å². The Balaban J connectivity index is 1.46. The van der Waals surface area contributed by atoms with Crippen molar-refractivity contribution >= 4 is 11.8 Å². The van der Waals surface area contributed by atoms with Crippen LogP contribution in [-0.2, 0) is 11.0 Å². The molecule has 1 aliphatic carbocycles. The van der Waals surface area contributed by atoms with Crippen LogP contribution in [0.25, 0.3) is 0 Å². The zero-order chi connectivity index (χ0) is 19.4. The summed E-state index contributed by atoms with van der Waals surface area (Å²) in [7, 11) is 0. The molecule has 2 N–H and O–H groups in total. The van der Waals surface area contributed by atoms with E-state index in [0.717, 1.165) is 37.4 Å². The molecule has 1 aromatic rings. The summed E-state index contributed by atoms with van der Waals surface area (Å²) in [6.45, 7) is 1.92. The van der Waals surface area contributed by atoms with Crippen LogP contribution in [0.4, 0.5) is 13.2 Å². The second-order valence-electron chi connectivity index (χ2n) is 7.23. The maximum atomic E-state index is 13.0. The van der Waals surface area contributed by atoms with Crippen LogP contribution in [0.5, 0.6) is 0 Å². The topological polar surface area (TPSA) is 61.4 Å². The fourth-order valence-corrected chi connectivity index (χ4v) is 3.28. The second-order valence-corrected chi connectivity index (χ2v) is 7.23. The molecule has 0 unspecified atom stereocenters. The summed E-state index contributed by atoms with van der Waals surface area (Å²) in [5.74, 6) is -0.356. The molecular formula is C19H24F3N3O2. The summed E-state index contributed by atoms with van der Waals surface area (Å²) in [6, 6.07) is 4.97. The number of rotatable bonds is 6. The Kier molecular flexibility index (Phi) is 6.04. The van der Waals surface area contributed by atoms with E-state index >= 15 is 0 Å². The predicted molar refractivity (Wildman–Crippen MR) is 94.1 cm³/mol. The number of halogens is 3. The minimum Gasteiger partial charge on any atom is -0.343 e. The van der Waals surface area contributed by atoms with Crippen molar-refractivity contribution in [1.82, 2.24) is 15.5 Å². The Morgan fingerprint density at radius 1 is 1.07 bits per heavy atom. The van der Waals surface area contributed by atoms with Gasteiger partial charge in [0.2, 0.25) is 5.91 Å². The van der Waals surface area contributed by atoms with Crippen LogP contribution in [0.15, 0.2) is 24.3 Å². The molecule has 1 aromatic carbocycles. The van der Waals surface area contributed by atoms with Gasteiger partial charge >= 0.3 is 6.18 Å². The molecule has 1 saturated heterocycles. The molecule has 5 nitrogen and oxygen atoms in total. The van der Waals surface area contributed by atoms with Crippen molar-refractivity contribution in [2.75, 3.05) is 26.2 Å². The van der Waals surface area contributed by atoms with Crippen molar-refractivity contribution in [3.8, 4) is 0 Å². The number of hydrogen-bond acceptors (Lipinski definition) is 3. The Hall–Kier alpha value is -2.09. The highest BCUT2D eigenvalue weighted by molar-refractivity contribution is 5.97. The summed E-state index contributed by atoms with van der Waals surface area (Å²) in [4.78, 5) is 26.0. The number of carbonyl (C=O) groups is 2. The molecular weight excluding hydrogens is 359 g/mol. The first-order chi connectivity index (χ1) is 12.8. The Labute approximate surface area is 156 Å². The van der Waals surface area contributed by atoms with E-state index in [4.69, 9.17) is 0 Å². The number of hydrogen-bond donors (Lipinski definition) is 2. The molecule has 3 rings (SSSR count). The molecule has 27 heavy (non-hydrogen) atoms. The van der Waals surface area contributed by atoms with Gasteiger partial charge in [0.05, 0.1) is 17.7 Å². The molecule has 8 heteroatoms. The summed E-state index contributed by atoms with van der Waals surface area (Å²) in [6.07, 6.45) is -0.330. The molecule has 148 valence electrons. The lowest BCUT2D eigenvalue weighted by molar-refractivity contribution is -0.137. The highest BCUT2D eigenvalue weighted by Gasteiger charge is 2.35. The lowest BCUT2D eigenvalue weighted by Crippen LogP contribution is -2.48. The van der Waals surface area contributed by atoms with Gasteiger partial charge in [0.1, 0.15) is 0 Å². The first-order valence-electron chi connectivity index (χ1n) is 9.30. The van der Waals surface area contributed by atoms with E-state index in [1.807, 2.05) is 0 Å². The van der Waals surface area contributed by atoms with Gasteiger partial charge in [-0.05, 0) is 50.3 Å². The van der Waals surface area contributed by atoms with Gasteiger partial charge < -0.3 is 15.5 Å². The molecule has 2 amide bonds. The van der Waals surface area contributed by atoms with Gasteiger partial charge in [-0.3, -0.25) is 9.59 Å². The van der Waals surface area contributed by atoms with E-state index in [1.165, 1.54) is 25.0 Å². The van der Waals surface area contributed by atoms with Crippen LogP contribution in [0.2, 0.25) is 0 Å². The Morgan fingerprint density at radius 3 is 2.37 bits per heavy atom. The van der Waals surface area contributed by atoms with Crippen LogP contribution in [0.1, 0.15) is 41.6 Å². The minimum absolute atomic E-state index is 0.270. The van der Waals surface area contributed by atoms with Crippen LogP contribution < -0.4 is 10.6 Å². The van der Waals surface area contributed by atoms with Gasteiger partial charge in [0, 0.05) is 19.1 Å². The van der Waals surface area contributed by atoms with E-state index in [9.17, 15) is 22.8 Å². The van der Waals surface area contributed by atoms with Crippen molar-refractivity contribution in [2.24, 2.45) is 5.92 Å². The zero-order valence-electron chi connectivity index (χ0n) is 15.0. The maximum Gasteiger partial charge on any atom is 0.417 e. The molecule has 1 saturated carbocycles. The van der Waals surface area contributed by atoms with E-state index in [-0.39, 0.29) is 12.5 Å². The van der Waals surface area contributed by atoms with E-state index in [0.29, 0.717) is 19.1 Å². The number of alkyl halides is 3. The molecule has 0 radical (unpaired) electrons. The van der Waals surface area contributed by atoms with Crippen molar-refractivity contribution in [3.63, 3.8) is 0 Å². The molecule has 0 bridgehead atoms. The van der Waals surface area contributed by atoms with Gasteiger partial charge in [0.25, 0.3) is 5.91 Å². The second kappa shape index (κ2) is 8.29. The van der Waals surface area contributed by atoms with E-state index in [2.05, 4.69) is 10.6 Å². The van der Waals surface area contributed by atoms with Gasteiger partial charge in [0.15, 0.2) is 0 Å². The predicted octanol–water partition coefficient (Wildman–Crippen LogP) is 2.43. The molecule has 1 aliphatic heterocycles. The normalized spacial score (nSPS) is 18.4. The van der Waals surface area contributed by atoms with Gasteiger partial charge in [-0.15, -0.1) is 0 Å². The van der Waals surface area contributed by atoms with Crippen LogP contribution in [0, 0.1) is 5.92 Å². The van der Waals surface area contributed by atoms with Crippen molar-refractivity contribution in [1.29, 1.82) is 0 Å². The lowest BCUT2D eigenvalue weighted by Gasteiger charge is -2.32. The summed E-state index contributed by atoms with van der Waals surface area (Å²) < 4.78 is 39.0. The molecule has 1 heterocycles. The van der Waals surface area contributed by atoms with E-state index in [1.54, 1.807) is 4.90 Å². The first-order valence-corrected chi connectivity index (χ1v) is 9.30. The highest BCUT2D eigenvalue weighted by Crippen LogP contribution is 2.31. The zero-order valence-corrected chi connectivity index (χ0v) is 15.0. The quantitative estimate of drug-likeness (QED) is 0.793. The number of benzene rings is 1. The van der Waals surface area contributed by atoms with E-state index < -0.39 is 23.2 Å². The summed E-state index contributed by atoms with van der Waals surface area (Å²) in [5.41, 5.74) is -1.47. The molecule has 0 atom stereocenters. The fourth-order valence-electron chi connectivity index (χ4n) is 3.28. The largest absolute Gasteiger partial charge is 0.417 e. The van der Waals surface area contributed by atoms with Gasteiger partial charge in [-0.25, -0.2) is 0 Å². The first kappa shape index (κ1) is 19.7. The number of amides is 2. The molecule has 2 fully saturated rings. The number of carbonyl (C=O) groups excluding carboxylic acids is 2. The van der Waals surface area contributed by atoms with Crippen molar-refractivity contribution < 1.29 is 22.8 Å². The summed E-state index contributed by atoms with van der Waals surface area (Å²) >= 11 is 0. The third-order valence-corrected chi connectivity index (χ3v) is 5.12. The number of nitrogens with zero attached hydrogens (tertiary/aromatic N) is 1. The lowest BCUT2D eigenvalue weighted by atomic mass is 10.0. The minimum atomic E-state index is -4.62. The van der Waals surface area contributed by atoms with Crippen molar-refractivity contribution in [3.05, 3.63) is 35.4 Å². The monoisotopic (exact) mass is 383 g/mol. The Bertz CT molecular complexity index is 681. The third-order valence-electron chi connectivity index (χ3n) is 5.12. The SMILES string of the molecule is O=C(NCC(=O)N1CCC(NCC2CC2)CC1)c1ccccc1C(F)(F)F. The van der Waals surface area contributed by atoms with Crippen LogP contribution in [0.3, 0.4) is 0 Å². The van der Waals surface area contributed by atoms with Crippen LogP contribution in [-0.4, -0.2) is 48.9 Å². The fraction of sp³-hybridized carbons (Fsp3) is 0.579. The van der Waals surface area contributed by atoms with Crippen molar-refractivity contribution in [2.45, 2.75) is 37.9 Å². The molecule has 0 spiro atoms.